The van der Waals surface area contributed by atoms with Crippen LogP contribution in [-0.2, 0) is 4.79 Å². The van der Waals surface area contributed by atoms with Gasteiger partial charge in [0.25, 0.3) is 0 Å². The molecule has 2 atom stereocenters. The molecule has 0 radical (unpaired) electrons. The average Bonchev–Trinajstić information content (AvgIpc) is 2.80. The number of hydrogen-bond acceptors (Lipinski definition) is 2. The maximum absolute atomic E-state index is 11.9. The molecule has 1 aromatic rings. The van der Waals surface area contributed by atoms with E-state index in [0.717, 1.165) is 22.3 Å². The summed E-state index contributed by atoms with van der Waals surface area (Å²) >= 11 is 5.20. The summed E-state index contributed by atoms with van der Waals surface area (Å²) in [6.45, 7) is 0. The lowest BCUT2D eigenvalue weighted by molar-refractivity contribution is -0.116. The minimum atomic E-state index is 0.221. The third kappa shape index (κ3) is 1.51. The highest BCUT2D eigenvalue weighted by atomic mass is 79.9. The Kier molecular flexibility index (Phi) is 2.29. The van der Waals surface area contributed by atoms with Gasteiger partial charge in [-0.1, -0.05) is 15.9 Å². The molecule has 4 heteroatoms. The molecule has 0 saturated carbocycles. The first kappa shape index (κ1) is 9.73. The molecule has 1 aromatic carbocycles. The van der Waals surface area contributed by atoms with Crippen LogP contribution in [0.1, 0.15) is 6.42 Å². The molecule has 2 aliphatic heterocycles. The zero-order valence-corrected chi connectivity index (χ0v) is 10.4. The molecular weight excluding hydrogens is 274 g/mol. The van der Waals surface area contributed by atoms with E-state index in [1.165, 1.54) is 0 Å². The van der Waals surface area contributed by atoms with Gasteiger partial charge in [0.1, 0.15) is 0 Å². The van der Waals surface area contributed by atoms with Crippen LogP contribution >= 0.6 is 27.7 Å². The number of anilines is 1. The van der Waals surface area contributed by atoms with Crippen molar-refractivity contribution in [2.75, 3.05) is 10.7 Å². The molecular formula is C11H10BrNOS. The second kappa shape index (κ2) is 3.52. The Morgan fingerprint density at radius 2 is 2.07 bits per heavy atom. The van der Waals surface area contributed by atoms with Gasteiger partial charge >= 0.3 is 0 Å². The Balaban J connectivity index is 1.94. The first-order chi connectivity index (χ1) is 7.25. The molecule has 0 spiro atoms. The van der Waals surface area contributed by atoms with Gasteiger partial charge in [-0.3, -0.25) is 4.79 Å². The van der Waals surface area contributed by atoms with Gasteiger partial charge in [0.05, 0.1) is 5.25 Å². The molecule has 2 fully saturated rings. The van der Waals surface area contributed by atoms with E-state index in [4.69, 9.17) is 0 Å². The fraction of sp³-hybridized carbons (Fsp3) is 0.364. The van der Waals surface area contributed by atoms with Crippen LogP contribution in [0.2, 0.25) is 0 Å². The van der Waals surface area contributed by atoms with Gasteiger partial charge in [0.2, 0.25) is 5.91 Å². The zero-order valence-electron chi connectivity index (χ0n) is 8.02. The second-order valence-electron chi connectivity index (χ2n) is 3.90. The van der Waals surface area contributed by atoms with Crippen molar-refractivity contribution >= 4 is 39.3 Å². The number of hydrogen-bond donors (Lipinski definition) is 0. The third-order valence-corrected chi connectivity index (χ3v) is 4.86. The third-order valence-electron chi connectivity index (χ3n) is 2.96. The standard InChI is InChI=1S/C11H10BrNOS/c12-7-1-3-8(4-2-7)13-9-5-10(11(13)14)15-6-9/h1-4,9-10H,5-6H2. The van der Waals surface area contributed by atoms with E-state index in [1.807, 2.05) is 29.2 Å². The van der Waals surface area contributed by atoms with Gasteiger partial charge < -0.3 is 4.90 Å². The van der Waals surface area contributed by atoms with E-state index in [0.29, 0.717) is 11.9 Å². The highest BCUT2D eigenvalue weighted by Gasteiger charge is 2.45. The van der Waals surface area contributed by atoms with Gasteiger partial charge in [0.15, 0.2) is 0 Å². The molecule has 2 unspecified atom stereocenters. The summed E-state index contributed by atoms with van der Waals surface area (Å²) in [7, 11) is 0. The number of fused-ring (bicyclic) bond motifs is 2. The molecule has 2 heterocycles. The Labute approximate surface area is 101 Å². The van der Waals surface area contributed by atoms with Gasteiger partial charge in [-0.15, -0.1) is 11.8 Å². The van der Waals surface area contributed by atoms with Crippen molar-refractivity contribution < 1.29 is 4.79 Å². The van der Waals surface area contributed by atoms with Crippen LogP contribution in [-0.4, -0.2) is 23.0 Å². The van der Waals surface area contributed by atoms with Crippen LogP contribution in [0.3, 0.4) is 0 Å². The molecule has 2 aliphatic rings. The second-order valence-corrected chi connectivity index (χ2v) is 6.05. The van der Waals surface area contributed by atoms with Crippen molar-refractivity contribution in [3.05, 3.63) is 28.7 Å². The Bertz CT molecular complexity index is 406. The van der Waals surface area contributed by atoms with E-state index in [-0.39, 0.29) is 5.25 Å². The summed E-state index contributed by atoms with van der Waals surface area (Å²) in [5.74, 6) is 1.38. The molecule has 1 amide bonds. The summed E-state index contributed by atoms with van der Waals surface area (Å²) < 4.78 is 1.05. The lowest BCUT2D eigenvalue weighted by Gasteiger charge is -2.26. The largest absolute Gasteiger partial charge is 0.308 e. The maximum atomic E-state index is 11.9. The molecule has 78 valence electrons. The van der Waals surface area contributed by atoms with E-state index in [2.05, 4.69) is 15.9 Å². The van der Waals surface area contributed by atoms with E-state index in [9.17, 15) is 4.79 Å². The maximum Gasteiger partial charge on any atom is 0.240 e. The Morgan fingerprint density at radius 1 is 1.33 bits per heavy atom. The van der Waals surface area contributed by atoms with E-state index < -0.39 is 0 Å². The van der Waals surface area contributed by atoms with Crippen LogP contribution in [0.25, 0.3) is 0 Å². The Morgan fingerprint density at radius 3 is 2.67 bits per heavy atom. The number of carbonyl (C=O) groups excluding carboxylic acids is 1. The molecule has 2 nitrogen and oxygen atoms in total. The fourth-order valence-corrected chi connectivity index (χ4v) is 3.86. The van der Waals surface area contributed by atoms with E-state index in [1.54, 1.807) is 11.8 Å². The minimum absolute atomic E-state index is 0.221. The predicted molar refractivity (Wildman–Crippen MR) is 66.3 cm³/mol. The van der Waals surface area contributed by atoms with Crippen LogP contribution in [0.5, 0.6) is 0 Å². The average molecular weight is 284 g/mol. The first-order valence-corrected chi connectivity index (χ1v) is 6.80. The number of carbonyl (C=O) groups is 1. The van der Waals surface area contributed by atoms with Crippen molar-refractivity contribution in [1.29, 1.82) is 0 Å². The summed E-state index contributed by atoms with van der Waals surface area (Å²) in [4.78, 5) is 13.9. The summed E-state index contributed by atoms with van der Waals surface area (Å²) in [5.41, 5.74) is 1.04. The molecule has 2 bridgehead atoms. The van der Waals surface area contributed by atoms with Crippen LogP contribution in [0, 0.1) is 0 Å². The summed E-state index contributed by atoms with van der Waals surface area (Å²) in [5, 5.41) is 0.221. The van der Waals surface area contributed by atoms with Crippen molar-refractivity contribution in [2.45, 2.75) is 17.7 Å². The topological polar surface area (TPSA) is 20.3 Å². The normalized spacial score (nSPS) is 28.9. The molecule has 0 aromatic heterocycles. The number of benzene rings is 1. The number of amides is 1. The lowest BCUT2D eigenvalue weighted by Crippen LogP contribution is -2.38. The van der Waals surface area contributed by atoms with Gasteiger partial charge in [-0.2, -0.15) is 0 Å². The smallest absolute Gasteiger partial charge is 0.240 e. The number of nitrogens with zero attached hydrogens (tertiary/aromatic N) is 1. The number of halogens is 1. The zero-order chi connectivity index (χ0) is 10.4. The van der Waals surface area contributed by atoms with Gasteiger partial charge in [-0.25, -0.2) is 0 Å². The summed E-state index contributed by atoms with van der Waals surface area (Å²) in [6, 6.07) is 8.41. The Hall–Kier alpha value is -0.480. The van der Waals surface area contributed by atoms with Crippen molar-refractivity contribution in [2.24, 2.45) is 0 Å². The molecule has 0 aliphatic carbocycles. The van der Waals surface area contributed by atoms with Crippen LogP contribution in [0.4, 0.5) is 5.69 Å². The van der Waals surface area contributed by atoms with E-state index >= 15 is 0 Å². The fourth-order valence-electron chi connectivity index (χ4n) is 2.24. The highest BCUT2D eigenvalue weighted by Crippen LogP contribution is 2.41. The van der Waals surface area contributed by atoms with Crippen molar-refractivity contribution in [1.82, 2.24) is 0 Å². The highest BCUT2D eigenvalue weighted by molar-refractivity contribution is 9.10. The quantitative estimate of drug-likeness (QED) is 0.790. The van der Waals surface area contributed by atoms with Crippen molar-refractivity contribution in [3.63, 3.8) is 0 Å². The van der Waals surface area contributed by atoms with Crippen molar-refractivity contribution in [3.8, 4) is 0 Å². The molecule has 3 rings (SSSR count). The van der Waals surface area contributed by atoms with Crippen LogP contribution in [0.15, 0.2) is 28.7 Å². The summed E-state index contributed by atoms with van der Waals surface area (Å²) in [6.07, 6.45) is 1.03. The van der Waals surface area contributed by atoms with Gasteiger partial charge in [0, 0.05) is 22.0 Å². The number of rotatable bonds is 1. The monoisotopic (exact) mass is 283 g/mol. The predicted octanol–water partition coefficient (Wildman–Crippen LogP) is 2.67. The minimum Gasteiger partial charge on any atom is -0.308 e. The molecule has 15 heavy (non-hydrogen) atoms. The SMILES string of the molecule is O=C1C2CC(CS2)N1c1ccc(Br)cc1. The molecule has 2 saturated heterocycles. The molecule has 0 N–H and O–H groups in total. The number of thioether (sulfide) groups is 1. The van der Waals surface area contributed by atoms with Crippen LogP contribution < -0.4 is 4.90 Å². The van der Waals surface area contributed by atoms with Gasteiger partial charge in [-0.05, 0) is 30.7 Å². The lowest BCUT2D eigenvalue weighted by atomic mass is 10.2. The first-order valence-electron chi connectivity index (χ1n) is 4.96.